The number of rotatable bonds is 8. The van der Waals surface area contributed by atoms with Crippen molar-refractivity contribution in [2.75, 3.05) is 25.4 Å². The highest BCUT2D eigenvalue weighted by molar-refractivity contribution is 7.08. The van der Waals surface area contributed by atoms with Gasteiger partial charge in [-0.25, -0.2) is 18.7 Å². The van der Waals surface area contributed by atoms with Crippen LogP contribution in [-0.4, -0.2) is 45.4 Å². The van der Waals surface area contributed by atoms with Gasteiger partial charge in [0.2, 0.25) is 0 Å². The lowest BCUT2D eigenvalue weighted by Crippen LogP contribution is -2.26. The molecule has 5 rings (SSSR count). The first-order chi connectivity index (χ1) is 17.8. The zero-order chi connectivity index (χ0) is 26.0. The van der Waals surface area contributed by atoms with Gasteiger partial charge in [0.05, 0.1) is 12.1 Å². The van der Waals surface area contributed by atoms with Crippen molar-refractivity contribution < 1.29 is 8.78 Å². The molecular weight excluding hydrogens is 488 g/mol. The summed E-state index contributed by atoms with van der Waals surface area (Å²) in [6.07, 6.45) is 7.97. The van der Waals surface area contributed by atoms with Crippen LogP contribution in [0.15, 0.2) is 77.7 Å². The second-order valence-corrected chi connectivity index (χ2v) is 10.1. The Morgan fingerprint density at radius 3 is 2.86 bits per heavy atom. The van der Waals surface area contributed by atoms with Crippen molar-refractivity contribution in [3.8, 4) is 11.1 Å². The molecule has 1 fully saturated rings. The Kier molecular flexibility index (Phi) is 7.04. The highest BCUT2D eigenvalue weighted by Gasteiger charge is 2.37. The fraction of sp³-hybridized carbons (Fsp3) is 0.241. The molecule has 1 aliphatic rings. The number of nitrogen functional groups attached to an aromatic ring is 1. The molecule has 8 heteroatoms. The summed E-state index contributed by atoms with van der Waals surface area (Å²) in [6, 6.07) is 10.0. The van der Waals surface area contributed by atoms with Crippen LogP contribution < -0.4 is 5.73 Å². The van der Waals surface area contributed by atoms with Gasteiger partial charge in [-0.1, -0.05) is 30.9 Å². The van der Waals surface area contributed by atoms with Gasteiger partial charge in [0.15, 0.2) is 5.65 Å². The van der Waals surface area contributed by atoms with Gasteiger partial charge in [0, 0.05) is 43.4 Å². The number of hydrogen-bond acceptors (Lipinski definition) is 5. The van der Waals surface area contributed by atoms with Crippen LogP contribution in [0.4, 0.5) is 14.5 Å². The van der Waals surface area contributed by atoms with Crippen LogP contribution >= 0.6 is 11.3 Å². The Labute approximate surface area is 219 Å². The molecule has 0 aliphatic carbocycles. The van der Waals surface area contributed by atoms with Crippen molar-refractivity contribution in [1.29, 1.82) is 0 Å². The minimum Gasteiger partial charge on any atom is -0.398 e. The molecule has 0 unspecified atom stereocenters. The Bertz CT molecular complexity index is 1480. The quantitative estimate of drug-likeness (QED) is 0.201. The van der Waals surface area contributed by atoms with Crippen LogP contribution in [0.1, 0.15) is 30.3 Å². The van der Waals surface area contributed by atoms with E-state index in [0.717, 1.165) is 44.7 Å². The molecule has 1 aliphatic heterocycles. The minimum atomic E-state index is -2.61. The number of nitrogens with zero attached hydrogens (tertiary/aromatic N) is 3. The average molecular weight is 518 g/mol. The van der Waals surface area contributed by atoms with Gasteiger partial charge >= 0.3 is 0 Å². The van der Waals surface area contributed by atoms with Gasteiger partial charge in [0.1, 0.15) is 5.82 Å². The molecule has 3 aromatic heterocycles. The van der Waals surface area contributed by atoms with E-state index in [1.54, 1.807) is 28.5 Å². The van der Waals surface area contributed by atoms with Crippen LogP contribution in [0, 0.1) is 0 Å². The number of nitrogens with one attached hydrogen (secondary N) is 1. The maximum absolute atomic E-state index is 13.6. The summed E-state index contributed by atoms with van der Waals surface area (Å²) >= 11 is 1.65. The predicted molar refractivity (Wildman–Crippen MR) is 149 cm³/mol. The number of fused-ring (bicyclic) bond motifs is 1. The number of anilines is 1. The summed E-state index contributed by atoms with van der Waals surface area (Å²) in [7, 11) is 0. The number of nitrogens with two attached hydrogens (primary N) is 1. The molecule has 4 aromatic rings. The maximum atomic E-state index is 13.6. The van der Waals surface area contributed by atoms with E-state index in [4.69, 9.17) is 10.7 Å². The molecule has 1 aromatic carbocycles. The standard InChI is InChI=1S/C29H29F2N5S/c1-3-19(16-36-11-9-29(30,31)18-36)13-20(4-2)21-5-6-25(32)23(14-21)15-26-34-27-24(22-8-12-37-17-22)7-10-33-28(27)35-26/h3-8,10,12-14,17H,1,9,11,15-16,18,32H2,2H3,(H,33,34,35)/b19-13+,20-4+. The molecule has 0 amide bonds. The first-order valence-electron chi connectivity index (χ1n) is 12.2. The number of H-pyrrole nitrogens is 1. The number of hydrogen-bond donors (Lipinski definition) is 2. The van der Waals surface area contributed by atoms with Crippen molar-refractivity contribution >= 4 is 33.8 Å². The van der Waals surface area contributed by atoms with E-state index in [1.807, 2.05) is 37.3 Å². The number of aromatic amines is 1. The Morgan fingerprint density at radius 1 is 1.30 bits per heavy atom. The molecule has 37 heavy (non-hydrogen) atoms. The number of pyridine rings is 1. The smallest absolute Gasteiger partial charge is 0.261 e. The first-order valence-corrected chi connectivity index (χ1v) is 13.1. The fourth-order valence-electron chi connectivity index (χ4n) is 4.72. The van der Waals surface area contributed by atoms with Crippen LogP contribution in [0.2, 0.25) is 0 Å². The van der Waals surface area contributed by atoms with Gasteiger partial charge in [-0.2, -0.15) is 11.3 Å². The van der Waals surface area contributed by atoms with Crippen LogP contribution in [0.25, 0.3) is 27.9 Å². The van der Waals surface area contributed by atoms with Gasteiger partial charge in [0.25, 0.3) is 5.92 Å². The second-order valence-electron chi connectivity index (χ2n) is 9.33. The number of benzene rings is 1. The molecule has 5 nitrogen and oxygen atoms in total. The lowest BCUT2D eigenvalue weighted by Gasteiger charge is -2.17. The number of alkyl halides is 2. The summed E-state index contributed by atoms with van der Waals surface area (Å²) in [5, 5.41) is 4.16. The molecule has 0 bridgehead atoms. The summed E-state index contributed by atoms with van der Waals surface area (Å²) in [5.41, 5.74) is 14.6. The van der Waals surface area contributed by atoms with E-state index < -0.39 is 5.92 Å². The first kappa shape index (κ1) is 25.0. The van der Waals surface area contributed by atoms with Crippen molar-refractivity contribution in [2.24, 2.45) is 0 Å². The Morgan fingerprint density at radius 2 is 2.16 bits per heavy atom. The zero-order valence-corrected chi connectivity index (χ0v) is 21.5. The van der Waals surface area contributed by atoms with Crippen molar-refractivity contribution in [2.45, 2.75) is 25.7 Å². The number of halogens is 2. The fourth-order valence-corrected chi connectivity index (χ4v) is 5.38. The molecule has 190 valence electrons. The monoisotopic (exact) mass is 517 g/mol. The topological polar surface area (TPSA) is 70.8 Å². The number of thiophene rings is 1. The Hall–Kier alpha value is -3.62. The van der Waals surface area contributed by atoms with Gasteiger partial charge in [-0.3, -0.25) is 4.90 Å². The molecule has 0 saturated carbocycles. The number of allylic oxidation sites excluding steroid dienone is 3. The van der Waals surface area contributed by atoms with E-state index in [-0.39, 0.29) is 13.0 Å². The van der Waals surface area contributed by atoms with E-state index in [0.29, 0.717) is 30.8 Å². The normalized spacial score (nSPS) is 16.5. The lowest BCUT2D eigenvalue weighted by molar-refractivity contribution is 0.0131. The number of likely N-dealkylation sites (tertiary alicyclic amines) is 1. The molecule has 0 radical (unpaired) electrons. The lowest BCUT2D eigenvalue weighted by atomic mass is 9.98. The zero-order valence-electron chi connectivity index (χ0n) is 20.7. The van der Waals surface area contributed by atoms with Crippen molar-refractivity contribution in [1.82, 2.24) is 19.9 Å². The SMILES string of the molecule is C=C/C(=C\C(=C/C)c1ccc(N)c(Cc2nc3nccc(-c4ccsc4)c3[nH]2)c1)CN1CCC(F)(F)C1. The highest BCUT2D eigenvalue weighted by atomic mass is 32.1. The van der Waals surface area contributed by atoms with Crippen LogP contribution in [-0.2, 0) is 6.42 Å². The number of imidazole rings is 1. The summed E-state index contributed by atoms with van der Waals surface area (Å²) < 4.78 is 27.3. The predicted octanol–water partition coefficient (Wildman–Crippen LogP) is 6.72. The van der Waals surface area contributed by atoms with E-state index in [1.165, 1.54) is 0 Å². The van der Waals surface area contributed by atoms with Crippen LogP contribution in [0.5, 0.6) is 0 Å². The molecule has 1 saturated heterocycles. The van der Waals surface area contributed by atoms with E-state index in [2.05, 4.69) is 39.4 Å². The van der Waals surface area contributed by atoms with Crippen LogP contribution in [0.3, 0.4) is 0 Å². The van der Waals surface area contributed by atoms with Gasteiger partial charge < -0.3 is 10.7 Å². The second kappa shape index (κ2) is 10.4. The third kappa shape index (κ3) is 5.55. The molecule has 0 atom stereocenters. The van der Waals surface area contributed by atoms with E-state index in [9.17, 15) is 8.78 Å². The summed E-state index contributed by atoms with van der Waals surface area (Å²) in [4.78, 5) is 14.4. The molecule has 4 heterocycles. The van der Waals surface area contributed by atoms with Gasteiger partial charge in [-0.05, 0) is 69.8 Å². The summed E-state index contributed by atoms with van der Waals surface area (Å²) in [6.45, 7) is 6.48. The Balaban J connectivity index is 1.40. The third-order valence-electron chi connectivity index (χ3n) is 6.68. The maximum Gasteiger partial charge on any atom is 0.261 e. The largest absolute Gasteiger partial charge is 0.398 e. The number of aromatic nitrogens is 3. The third-order valence-corrected chi connectivity index (χ3v) is 7.36. The van der Waals surface area contributed by atoms with Crippen molar-refractivity contribution in [3.63, 3.8) is 0 Å². The average Bonchev–Trinajstić information content (AvgIpc) is 3.62. The van der Waals surface area contributed by atoms with Crippen molar-refractivity contribution in [3.05, 3.63) is 94.6 Å². The molecular formula is C29H29F2N5S. The summed E-state index contributed by atoms with van der Waals surface area (Å²) in [5.74, 6) is -1.83. The highest BCUT2D eigenvalue weighted by Crippen LogP contribution is 2.30. The van der Waals surface area contributed by atoms with E-state index >= 15 is 0 Å². The van der Waals surface area contributed by atoms with Gasteiger partial charge in [-0.15, -0.1) is 0 Å². The molecule has 0 spiro atoms. The molecule has 3 N–H and O–H groups in total. The minimum absolute atomic E-state index is 0.0959.